The van der Waals surface area contributed by atoms with E-state index in [2.05, 4.69) is 6.58 Å². The number of ketones is 1. The standard InChI is InChI=1S/C15H22O3/c1-8(2)5-14(17)15(18)10(4)11-7-13(16)12(15)6-9(11)3/h5,10-12,14,17-18H,3,6-7H2,1-2,4H3/t10-,11+,12+,14+,15-/m0/s1. The summed E-state index contributed by atoms with van der Waals surface area (Å²) in [4.78, 5) is 12.0. The molecule has 0 aliphatic heterocycles. The highest BCUT2D eigenvalue weighted by Gasteiger charge is 2.59. The van der Waals surface area contributed by atoms with Crippen LogP contribution in [0.15, 0.2) is 23.8 Å². The van der Waals surface area contributed by atoms with Crippen molar-refractivity contribution in [3.05, 3.63) is 23.8 Å². The van der Waals surface area contributed by atoms with Crippen molar-refractivity contribution in [3.8, 4) is 0 Å². The molecule has 0 spiro atoms. The summed E-state index contributed by atoms with van der Waals surface area (Å²) in [5.41, 5.74) is 0.648. The van der Waals surface area contributed by atoms with Crippen LogP contribution < -0.4 is 0 Å². The minimum Gasteiger partial charge on any atom is -0.386 e. The topological polar surface area (TPSA) is 57.5 Å². The molecular formula is C15H22O3. The van der Waals surface area contributed by atoms with Crippen LogP contribution in [0.25, 0.3) is 0 Å². The van der Waals surface area contributed by atoms with Crippen LogP contribution in [-0.2, 0) is 4.79 Å². The van der Waals surface area contributed by atoms with E-state index in [0.29, 0.717) is 12.8 Å². The molecule has 3 nitrogen and oxygen atoms in total. The Bertz CT molecular complexity index is 419. The van der Waals surface area contributed by atoms with E-state index in [-0.39, 0.29) is 17.6 Å². The van der Waals surface area contributed by atoms with E-state index in [4.69, 9.17) is 0 Å². The number of aliphatic hydroxyl groups excluding tert-OH is 1. The Morgan fingerprint density at radius 3 is 2.67 bits per heavy atom. The van der Waals surface area contributed by atoms with E-state index in [1.807, 2.05) is 20.8 Å². The molecule has 2 N–H and O–H groups in total. The number of rotatable bonds is 2. The number of carbonyl (C=O) groups is 1. The van der Waals surface area contributed by atoms with Crippen LogP contribution in [0.3, 0.4) is 0 Å². The lowest BCUT2D eigenvalue weighted by atomic mass is 9.53. The molecule has 3 saturated carbocycles. The van der Waals surface area contributed by atoms with Gasteiger partial charge in [-0.3, -0.25) is 4.79 Å². The molecule has 0 unspecified atom stereocenters. The second kappa shape index (κ2) is 4.32. The molecule has 0 heterocycles. The van der Waals surface area contributed by atoms with Gasteiger partial charge in [0.15, 0.2) is 0 Å². The number of allylic oxidation sites excluding steroid dienone is 2. The van der Waals surface area contributed by atoms with Crippen LogP contribution in [0.1, 0.15) is 33.6 Å². The van der Waals surface area contributed by atoms with E-state index in [9.17, 15) is 15.0 Å². The van der Waals surface area contributed by atoms with Gasteiger partial charge in [0, 0.05) is 6.42 Å². The van der Waals surface area contributed by atoms with E-state index in [1.165, 1.54) is 0 Å². The maximum atomic E-state index is 12.0. The Balaban J connectivity index is 2.40. The molecule has 2 bridgehead atoms. The van der Waals surface area contributed by atoms with Crippen molar-refractivity contribution >= 4 is 5.78 Å². The molecule has 0 aromatic heterocycles. The predicted molar refractivity (Wildman–Crippen MR) is 69.9 cm³/mol. The van der Waals surface area contributed by atoms with Crippen molar-refractivity contribution in [3.63, 3.8) is 0 Å². The first-order chi connectivity index (χ1) is 8.28. The average Bonchev–Trinajstić information content (AvgIpc) is 2.26. The number of fused-ring (bicyclic) bond motifs is 3. The van der Waals surface area contributed by atoms with Crippen LogP contribution >= 0.6 is 0 Å². The second-order valence-corrected chi connectivity index (χ2v) is 6.06. The fourth-order valence-electron chi connectivity index (χ4n) is 3.55. The normalized spacial score (nSPS) is 40.8. The summed E-state index contributed by atoms with van der Waals surface area (Å²) in [6, 6.07) is 0. The lowest BCUT2D eigenvalue weighted by Crippen LogP contribution is -2.64. The highest BCUT2D eigenvalue weighted by Crippen LogP contribution is 2.52. The van der Waals surface area contributed by atoms with Gasteiger partial charge in [-0.2, -0.15) is 0 Å². The summed E-state index contributed by atoms with van der Waals surface area (Å²) in [6.45, 7) is 9.67. The minimum absolute atomic E-state index is 0.00714. The first kappa shape index (κ1) is 13.5. The lowest BCUT2D eigenvalue weighted by molar-refractivity contribution is -0.181. The zero-order valence-electron chi connectivity index (χ0n) is 11.3. The molecule has 0 aromatic rings. The molecule has 3 aliphatic rings. The fraction of sp³-hybridized carbons (Fsp3) is 0.667. The minimum atomic E-state index is -1.33. The number of Topliss-reactive ketones (excluding diaryl/α,β-unsaturated/α-hetero) is 1. The predicted octanol–water partition coefficient (Wildman–Crippen LogP) is 1.85. The van der Waals surface area contributed by atoms with Gasteiger partial charge < -0.3 is 10.2 Å². The van der Waals surface area contributed by atoms with Crippen molar-refractivity contribution in [2.45, 2.75) is 45.3 Å². The molecule has 0 radical (unpaired) electrons. The lowest BCUT2D eigenvalue weighted by Gasteiger charge is -2.54. The molecule has 18 heavy (non-hydrogen) atoms. The Morgan fingerprint density at radius 2 is 2.11 bits per heavy atom. The smallest absolute Gasteiger partial charge is 0.139 e. The van der Waals surface area contributed by atoms with E-state index in [0.717, 1.165) is 11.1 Å². The van der Waals surface area contributed by atoms with Crippen molar-refractivity contribution in [1.82, 2.24) is 0 Å². The van der Waals surface area contributed by atoms with Gasteiger partial charge in [-0.05, 0) is 32.1 Å². The Kier molecular flexibility index (Phi) is 3.24. The van der Waals surface area contributed by atoms with Gasteiger partial charge in [-0.1, -0.05) is 30.7 Å². The number of hydrogen-bond donors (Lipinski definition) is 2. The van der Waals surface area contributed by atoms with Crippen molar-refractivity contribution in [2.24, 2.45) is 17.8 Å². The summed E-state index contributed by atoms with van der Waals surface area (Å²) in [6.07, 6.45) is 1.64. The molecule has 3 rings (SSSR count). The van der Waals surface area contributed by atoms with Gasteiger partial charge in [0.2, 0.25) is 0 Å². The van der Waals surface area contributed by atoms with E-state index in [1.54, 1.807) is 6.08 Å². The third-order valence-electron chi connectivity index (χ3n) is 4.66. The maximum Gasteiger partial charge on any atom is 0.139 e. The number of aliphatic hydroxyl groups is 2. The van der Waals surface area contributed by atoms with Crippen molar-refractivity contribution in [2.75, 3.05) is 0 Å². The number of hydrogen-bond acceptors (Lipinski definition) is 3. The van der Waals surface area contributed by atoms with Crippen molar-refractivity contribution in [1.29, 1.82) is 0 Å². The van der Waals surface area contributed by atoms with Crippen molar-refractivity contribution < 1.29 is 15.0 Å². The second-order valence-electron chi connectivity index (χ2n) is 6.06. The summed E-state index contributed by atoms with van der Waals surface area (Å²) < 4.78 is 0. The van der Waals surface area contributed by atoms with E-state index < -0.39 is 17.6 Å². The SMILES string of the molecule is C=C1C[C@@H]2C(=O)C[C@H]1[C@H](C)[C@@]2(O)[C@H](O)C=C(C)C. The molecular weight excluding hydrogens is 228 g/mol. The largest absolute Gasteiger partial charge is 0.386 e. The Hall–Kier alpha value is -0.930. The molecule has 5 atom stereocenters. The zero-order chi connectivity index (χ0) is 13.7. The average molecular weight is 250 g/mol. The molecule has 0 amide bonds. The highest BCUT2D eigenvalue weighted by molar-refractivity contribution is 5.86. The van der Waals surface area contributed by atoms with Gasteiger partial charge in [0.05, 0.1) is 5.92 Å². The third kappa shape index (κ3) is 1.77. The Labute approximate surface area is 108 Å². The number of carbonyl (C=O) groups excluding carboxylic acids is 1. The third-order valence-corrected chi connectivity index (χ3v) is 4.66. The van der Waals surface area contributed by atoms with E-state index >= 15 is 0 Å². The zero-order valence-corrected chi connectivity index (χ0v) is 11.3. The molecule has 0 aromatic carbocycles. The van der Waals surface area contributed by atoms with Crippen LogP contribution in [0, 0.1) is 17.8 Å². The van der Waals surface area contributed by atoms with Gasteiger partial charge in [-0.15, -0.1) is 0 Å². The summed E-state index contributed by atoms with van der Waals surface area (Å²) >= 11 is 0. The fourth-order valence-corrected chi connectivity index (χ4v) is 3.55. The van der Waals surface area contributed by atoms with Crippen LogP contribution in [-0.4, -0.2) is 27.7 Å². The monoisotopic (exact) mass is 250 g/mol. The Morgan fingerprint density at radius 1 is 1.50 bits per heavy atom. The molecule has 0 saturated heterocycles. The van der Waals surface area contributed by atoms with Gasteiger partial charge in [-0.25, -0.2) is 0 Å². The van der Waals surface area contributed by atoms with Gasteiger partial charge in [0.1, 0.15) is 17.5 Å². The summed E-state index contributed by atoms with van der Waals surface area (Å²) in [7, 11) is 0. The van der Waals surface area contributed by atoms with Crippen LogP contribution in [0.2, 0.25) is 0 Å². The first-order valence-electron chi connectivity index (χ1n) is 6.54. The van der Waals surface area contributed by atoms with Gasteiger partial charge in [0.25, 0.3) is 0 Å². The molecule has 100 valence electrons. The molecule has 3 heteroatoms. The first-order valence-corrected chi connectivity index (χ1v) is 6.54. The van der Waals surface area contributed by atoms with Crippen LogP contribution in [0.5, 0.6) is 0 Å². The van der Waals surface area contributed by atoms with Gasteiger partial charge >= 0.3 is 0 Å². The van der Waals surface area contributed by atoms with Crippen LogP contribution in [0.4, 0.5) is 0 Å². The summed E-state index contributed by atoms with van der Waals surface area (Å²) in [5, 5.41) is 21.2. The molecule has 3 fully saturated rings. The quantitative estimate of drug-likeness (QED) is 0.735. The maximum absolute atomic E-state index is 12.0. The molecule has 3 aliphatic carbocycles. The highest BCUT2D eigenvalue weighted by atomic mass is 16.3. The summed E-state index contributed by atoms with van der Waals surface area (Å²) in [5.74, 6) is -0.565.